The molecule has 0 spiro atoms. The molecule has 122 valence electrons. The first-order valence-corrected chi connectivity index (χ1v) is 9.06. The van der Waals surface area contributed by atoms with Gasteiger partial charge in [0.15, 0.2) is 6.54 Å². The molecule has 0 aromatic carbocycles. The van der Waals surface area contributed by atoms with Gasteiger partial charge in [-0.25, -0.2) is 4.79 Å². The Balaban J connectivity index is 1.31. The van der Waals surface area contributed by atoms with E-state index in [9.17, 15) is 9.59 Å². The third-order valence-electron chi connectivity index (χ3n) is 6.39. The number of amides is 3. The number of hydrogen-bond acceptors (Lipinski definition) is 2. The van der Waals surface area contributed by atoms with Gasteiger partial charge in [0.2, 0.25) is 0 Å². The Kier molecular flexibility index (Phi) is 3.63. The van der Waals surface area contributed by atoms with E-state index in [1.54, 1.807) is 0 Å². The zero-order valence-corrected chi connectivity index (χ0v) is 13.3. The second-order valence-electron chi connectivity index (χ2n) is 8.33. The van der Waals surface area contributed by atoms with Crippen LogP contribution >= 0.6 is 0 Å². The molecule has 1 saturated heterocycles. The normalized spacial score (nSPS) is 39.9. The van der Waals surface area contributed by atoms with Gasteiger partial charge >= 0.3 is 6.03 Å². The van der Waals surface area contributed by atoms with Crippen molar-refractivity contribution in [2.45, 2.75) is 56.9 Å². The predicted octanol–water partition coefficient (Wildman–Crippen LogP) is 0.460. The lowest BCUT2D eigenvalue weighted by molar-refractivity contribution is -0.879. The molecule has 4 aliphatic carbocycles. The number of rotatable bonds is 3. The lowest BCUT2D eigenvalue weighted by atomic mass is 9.53. The van der Waals surface area contributed by atoms with Crippen LogP contribution in [0, 0.1) is 17.8 Å². The van der Waals surface area contributed by atoms with Crippen molar-refractivity contribution in [3.05, 3.63) is 0 Å². The Morgan fingerprint density at radius 3 is 2.05 bits per heavy atom. The molecular weight excluding hydrogens is 278 g/mol. The van der Waals surface area contributed by atoms with E-state index in [1.165, 1.54) is 37.0 Å². The smallest absolute Gasteiger partial charge is 0.322 e. The number of quaternary nitrogens is 1. The summed E-state index contributed by atoms with van der Waals surface area (Å²) >= 11 is 0. The Morgan fingerprint density at radius 2 is 1.50 bits per heavy atom. The van der Waals surface area contributed by atoms with Crippen molar-refractivity contribution in [1.29, 1.82) is 0 Å². The van der Waals surface area contributed by atoms with E-state index in [2.05, 4.69) is 10.6 Å². The molecule has 1 aliphatic heterocycles. The third-order valence-corrected chi connectivity index (χ3v) is 6.39. The Bertz CT molecular complexity index is 435. The fourth-order valence-electron chi connectivity index (χ4n) is 5.99. The summed E-state index contributed by atoms with van der Waals surface area (Å²) in [5, 5.41) is 5.77. The van der Waals surface area contributed by atoms with Crippen LogP contribution in [0.1, 0.15) is 51.4 Å². The first-order chi connectivity index (χ1) is 10.6. The highest BCUT2D eigenvalue weighted by atomic mass is 16.2. The fraction of sp³-hybridized carbons (Fsp3) is 0.882. The quantitative estimate of drug-likeness (QED) is 0.709. The first-order valence-electron chi connectivity index (χ1n) is 9.06. The molecule has 5 aliphatic rings. The van der Waals surface area contributed by atoms with Crippen LogP contribution in [0.4, 0.5) is 4.79 Å². The molecule has 0 radical (unpaired) electrons. The molecule has 4 bridgehead atoms. The number of urea groups is 1. The fourth-order valence-corrected chi connectivity index (χ4v) is 5.99. The minimum Gasteiger partial charge on any atom is -0.332 e. The van der Waals surface area contributed by atoms with Gasteiger partial charge in [0, 0.05) is 18.4 Å². The van der Waals surface area contributed by atoms with Crippen molar-refractivity contribution >= 4 is 11.9 Å². The SMILES string of the molecule is O=C(C[NH+]1CCCC1)NC(=O)NC12CC3CC(CC(C3)C1)C2. The summed E-state index contributed by atoms with van der Waals surface area (Å²) in [7, 11) is 0. The van der Waals surface area contributed by atoms with Gasteiger partial charge in [-0.2, -0.15) is 0 Å². The number of nitrogens with one attached hydrogen (secondary N) is 3. The minimum atomic E-state index is -0.259. The lowest BCUT2D eigenvalue weighted by Crippen LogP contribution is -3.11. The van der Waals surface area contributed by atoms with E-state index < -0.39 is 0 Å². The number of hydrogen-bond donors (Lipinski definition) is 3. The second kappa shape index (κ2) is 5.52. The molecule has 3 N–H and O–H groups in total. The number of carbonyl (C=O) groups is 2. The van der Waals surface area contributed by atoms with Crippen LogP contribution in [0.15, 0.2) is 0 Å². The molecule has 0 atom stereocenters. The molecule has 4 saturated carbocycles. The Hall–Kier alpha value is -1.10. The number of likely N-dealkylation sites (tertiary alicyclic amines) is 1. The average Bonchev–Trinajstić information content (AvgIpc) is 2.88. The number of imide groups is 1. The van der Waals surface area contributed by atoms with E-state index in [0.29, 0.717) is 6.54 Å². The van der Waals surface area contributed by atoms with Crippen LogP contribution in [0.2, 0.25) is 0 Å². The van der Waals surface area contributed by atoms with E-state index >= 15 is 0 Å². The van der Waals surface area contributed by atoms with Crippen molar-refractivity contribution in [2.75, 3.05) is 19.6 Å². The summed E-state index contributed by atoms with van der Waals surface area (Å²) in [6.07, 6.45) is 9.84. The summed E-state index contributed by atoms with van der Waals surface area (Å²) in [4.78, 5) is 25.6. The number of carbonyl (C=O) groups excluding carboxylic acids is 2. The molecule has 1 heterocycles. The highest BCUT2D eigenvalue weighted by Gasteiger charge is 2.51. The zero-order chi connectivity index (χ0) is 15.2. The van der Waals surface area contributed by atoms with Crippen LogP contribution in [0.25, 0.3) is 0 Å². The van der Waals surface area contributed by atoms with Gasteiger partial charge < -0.3 is 10.2 Å². The highest BCUT2D eigenvalue weighted by Crippen LogP contribution is 2.55. The van der Waals surface area contributed by atoms with Crippen LogP contribution in [0.3, 0.4) is 0 Å². The molecule has 0 aromatic rings. The van der Waals surface area contributed by atoms with Gasteiger partial charge in [0.05, 0.1) is 13.1 Å². The maximum Gasteiger partial charge on any atom is 0.322 e. The lowest BCUT2D eigenvalue weighted by Gasteiger charge is -2.56. The van der Waals surface area contributed by atoms with Gasteiger partial charge in [-0.15, -0.1) is 0 Å². The van der Waals surface area contributed by atoms with Gasteiger partial charge in [-0.3, -0.25) is 10.1 Å². The molecule has 22 heavy (non-hydrogen) atoms. The van der Waals surface area contributed by atoms with Crippen molar-refractivity contribution in [3.63, 3.8) is 0 Å². The standard InChI is InChI=1S/C17H27N3O2/c21-15(11-20-3-1-2-4-20)18-16(22)19-17-8-12-5-13(9-17)7-14(6-12)10-17/h12-14H,1-11H2,(H2,18,19,21,22)/p+1. The van der Waals surface area contributed by atoms with E-state index in [1.807, 2.05) is 0 Å². The summed E-state index contributed by atoms with van der Waals surface area (Å²) in [6, 6.07) is -0.259. The summed E-state index contributed by atoms with van der Waals surface area (Å²) in [5.41, 5.74) is -0.0143. The first kappa shape index (κ1) is 14.5. The third kappa shape index (κ3) is 2.87. The highest BCUT2D eigenvalue weighted by molar-refractivity contribution is 5.95. The average molecular weight is 306 g/mol. The maximum absolute atomic E-state index is 12.3. The van der Waals surface area contributed by atoms with Crippen LogP contribution in [-0.2, 0) is 4.79 Å². The Labute approximate surface area is 132 Å². The van der Waals surface area contributed by atoms with Gasteiger partial charge in [0.1, 0.15) is 0 Å². The molecule has 5 rings (SSSR count). The van der Waals surface area contributed by atoms with Gasteiger partial charge in [0.25, 0.3) is 5.91 Å². The summed E-state index contributed by atoms with van der Waals surface area (Å²) in [6.45, 7) is 2.56. The van der Waals surface area contributed by atoms with Crippen LogP contribution in [-0.4, -0.2) is 37.1 Å². The molecule has 5 fully saturated rings. The molecular formula is C17H28N3O2+. The van der Waals surface area contributed by atoms with Gasteiger partial charge in [-0.1, -0.05) is 0 Å². The molecule has 5 heteroatoms. The second-order valence-corrected chi connectivity index (χ2v) is 8.33. The monoisotopic (exact) mass is 306 g/mol. The molecule has 0 unspecified atom stereocenters. The van der Waals surface area contributed by atoms with E-state index in [-0.39, 0.29) is 17.5 Å². The predicted molar refractivity (Wildman–Crippen MR) is 82.4 cm³/mol. The van der Waals surface area contributed by atoms with Crippen molar-refractivity contribution < 1.29 is 14.5 Å². The van der Waals surface area contributed by atoms with E-state index in [4.69, 9.17) is 0 Å². The van der Waals surface area contributed by atoms with E-state index in [0.717, 1.165) is 50.1 Å². The zero-order valence-electron chi connectivity index (χ0n) is 13.3. The summed E-state index contributed by atoms with van der Waals surface area (Å²) in [5.74, 6) is 2.28. The largest absolute Gasteiger partial charge is 0.332 e. The minimum absolute atomic E-state index is 0.0143. The molecule has 5 nitrogen and oxygen atoms in total. The van der Waals surface area contributed by atoms with Crippen molar-refractivity contribution in [3.8, 4) is 0 Å². The Morgan fingerprint density at radius 1 is 0.955 bits per heavy atom. The van der Waals surface area contributed by atoms with Crippen LogP contribution in [0.5, 0.6) is 0 Å². The summed E-state index contributed by atoms with van der Waals surface area (Å²) < 4.78 is 0. The topological polar surface area (TPSA) is 62.6 Å². The van der Waals surface area contributed by atoms with Crippen molar-refractivity contribution in [2.24, 2.45) is 17.8 Å². The van der Waals surface area contributed by atoms with Gasteiger partial charge in [-0.05, 0) is 56.3 Å². The molecule has 0 aromatic heterocycles. The molecule has 3 amide bonds. The van der Waals surface area contributed by atoms with Crippen LogP contribution < -0.4 is 15.5 Å². The maximum atomic E-state index is 12.3. The van der Waals surface area contributed by atoms with Crippen molar-refractivity contribution in [1.82, 2.24) is 10.6 Å².